The van der Waals surface area contributed by atoms with Crippen LogP contribution in [-0.4, -0.2) is 18.0 Å². The van der Waals surface area contributed by atoms with Gasteiger partial charge in [-0.15, -0.1) is 12.4 Å². The third-order valence-electron chi connectivity index (χ3n) is 4.40. The molecular formula is C17H26ClF3N2O. The van der Waals surface area contributed by atoms with E-state index in [-0.39, 0.29) is 36.6 Å². The molecule has 1 aromatic carbocycles. The molecule has 1 rings (SSSR count). The van der Waals surface area contributed by atoms with E-state index in [1.165, 1.54) is 6.07 Å². The predicted octanol–water partition coefficient (Wildman–Crippen LogP) is 4.11. The van der Waals surface area contributed by atoms with Gasteiger partial charge in [0.1, 0.15) is 0 Å². The van der Waals surface area contributed by atoms with Gasteiger partial charge in [0.05, 0.1) is 11.1 Å². The molecule has 0 radical (unpaired) electrons. The number of nitrogens with two attached hydrogens (primary N) is 1. The van der Waals surface area contributed by atoms with E-state index >= 15 is 0 Å². The summed E-state index contributed by atoms with van der Waals surface area (Å²) in [7, 11) is 0. The second kappa shape index (κ2) is 8.72. The van der Waals surface area contributed by atoms with Crippen LogP contribution in [0, 0.1) is 5.92 Å². The molecule has 0 heterocycles. The molecule has 0 saturated heterocycles. The minimum atomic E-state index is -4.38. The van der Waals surface area contributed by atoms with Crippen LogP contribution in [0.2, 0.25) is 0 Å². The molecule has 0 spiro atoms. The van der Waals surface area contributed by atoms with Crippen molar-refractivity contribution in [3.05, 3.63) is 35.4 Å². The van der Waals surface area contributed by atoms with E-state index in [9.17, 15) is 18.0 Å². The fourth-order valence-corrected chi connectivity index (χ4v) is 2.22. The maximum Gasteiger partial charge on any atom is 0.416 e. The fourth-order valence-electron chi connectivity index (χ4n) is 2.22. The van der Waals surface area contributed by atoms with Gasteiger partial charge >= 0.3 is 6.18 Å². The van der Waals surface area contributed by atoms with Crippen LogP contribution in [0.15, 0.2) is 24.3 Å². The number of carbonyl (C=O) groups excluding carboxylic acids is 1. The SMILES string of the molecule is CC(CC(=O)NC(C)(CN)C(C)C)c1cccc(C(F)(F)F)c1.Cl. The van der Waals surface area contributed by atoms with Crippen molar-refractivity contribution in [3.63, 3.8) is 0 Å². The third kappa shape index (κ3) is 5.98. The Kier molecular flexibility index (Phi) is 8.26. The van der Waals surface area contributed by atoms with Gasteiger partial charge in [0.15, 0.2) is 0 Å². The Labute approximate surface area is 147 Å². The van der Waals surface area contributed by atoms with Crippen molar-refractivity contribution >= 4 is 18.3 Å². The molecule has 2 atom stereocenters. The van der Waals surface area contributed by atoms with Gasteiger partial charge in [-0.3, -0.25) is 4.79 Å². The maximum atomic E-state index is 12.8. The minimum absolute atomic E-state index is 0. The van der Waals surface area contributed by atoms with Crippen molar-refractivity contribution in [2.45, 2.75) is 51.7 Å². The number of carbonyl (C=O) groups is 1. The Balaban J connectivity index is 0.00000529. The summed E-state index contributed by atoms with van der Waals surface area (Å²) >= 11 is 0. The molecule has 2 unspecified atom stereocenters. The number of nitrogens with one attached hydrogen (secondary N) is 1. The molecule has 0 bridgehead atoms. The summed E-state index contributed by atoms with van der Waals surface area (Å²) in [5.41, 5.74) is 5.00. The monoisotopic (exact) mass is 366 g/mol. The van der Waals surface area contributed by atoms with Crippen LogP contribution < -0.4 is 11.1 Å². The highest BCUT2D eigenvalue weighted by atomic mass is 35.5. The van der Waals surface area contributed by atoms with Crippen molar-refractivity contribution in [3.8, 4) is 0 Å². The third-order valence-corrected chi connectivity index (χ3v) is 4.40. The first-order chi connectivity index (χ1) is 10.5. The summed E-state index contributed by atoms with van der Waals surface area (Å²) in [6, 6.07) is 5.10. The second-order valence-electron chi connectivity index (χ2n) is 6.55. The van der Waals surface area contributed by atoms with Gasteiger partial charge in [0.25, 0.3) is 0 Å². The van der Waals surface area contributed by atoms with Gasteiger partial charge in [-0.1, -0.05) is 39.0 Å². The first-order valence-corrected chi connectivity index (χ1v) is 7.68. The average Bonchev–Trinajstić information content (AvgIpc) is 2.45. The van der Waals surface area contributed by atoms with Crippen LogP contribution in [-0.2, 0) is 11.0 Å². The summed E-state index contributed by atoms with van der Waals surface area (Å²) in [6.07, 6.45) is -4.27. The van der Waals surface area contributed by atoms with E-state index in [4.69, 9.17) is 5.73 Å². The van der Waals surface area contributed by atoms with Gasteiger partial charge in [-0.2, -0.15) is 13.2 Å². The molecule has 0 aliphatic carbocycles. The molecule has 24 heavy (non-hydrogen) atoms. The molecule has 7 heteroatoms. The number of benzene rings is 1. The van der Waals surface area contributed by atoms with E-state index in [0.717, 1.165) is 12.1 Å². The molecule has 3 N–H and O–H groups in total. The molecule has 1 aromatic rings. The lowest BCUT2D eigenvalue weighted by Crippen LogP contribution is -2.55. The van der Waals surface area contributed by atoms with Crippen LogP contribution in [0.1, 0.15) is 51.2 Å². The topological polar surface area (TPSA) is 55.1 Å². The van der Waals surface area contributed by atoms with Crippen molar-refractivity contribution in [1.82, 2.24) is 5.32 Å². The predicted molar refractivity (Wildman–Crippen MR) is 92.2 cm³/mol. The molecule has 0 aromatic heterocycles. The van der Waals surface area contributed by atoms with E-state index < -0.39 is 17.3 Å². The Bertz CT molecular complexity index is 549. The van der Waals surface area contributed by atoms with E-state index in [1.807, 2.05) is 20.8 Å². The van der Waals surface area contributed by atoms with Gasteiger partial charge in [-0.05, 0) is 30.4 Å². The van der Waals surface area contributed by atoms with Gasteiger partial charge in [-0.25, -0.2) is 0 Å². The number of hydrogen-bond acceptors (Lipinski definition) is 2. The van der Waals surface area contributed by atoms with Crippen molar-refractivity contribution in [1.29, 1.82) is 0 Å². The van der Waals surface area contributed by atoms with Crippen molar-refractivity contribution < 1.29 is 18.0 Å². The van der Waals surface area contributed by atoms with Gasteiger partial charge in [0, 0.05) is 13.0 Å². The van der Waals surface area contributed by atoms with Crippen LogP contribution in [0.5, 0.6) is 0 Å². The molecule has 0 saturated carbocycles. The van der Waals surface area contributed by atoms with E-state index in [0.29, 0.717) is 12.1 Å². The van der Waals surface area contributed by atoms with Crippen molar-refractivity contribution in [2.24, 2.45) is 11.7 Å². The maximum absolute atomic E-state index is 12.8. The average molecular weight is 367 g/mol. The second-order valence-corrected chi connectivity index (χ2v) is 6.55. The fraction of sp³-hybridized carbons (Fsp3) is 0.588. The minimum Gasteiger partial charge on any atom is -0.349 e. The lowest BCUT2D eigenvalue weighted by molar-refractivity contribution is -0.137. The lowest BCUT2D eigenvalue weighted by atomic mass is 9.87. The molecule has 3 nitrogen and oxygen atoms in total. The van der Waals surface area contributed by atoms with Crippen LogP contribution in [0.3, 0.4) is 0 Å². The zero-order valence-corrected chi connectivity index (χ0v) is 15.2. The number of hydrogen-bond donors (Lipinski definition) is 2. The van der Waals surface area contributed by atoms with Crippen molar-refractivity contribution in [2.75, 3.05) is 6.54 Å². The molecule has 0 aliphatic rings. The quantitative estimate of drug-likeness (QED) is 0.796. The standard InChI is InChI=1S/C17H25F3N2O.ClH/c1-11(2)16(4,10-21)22-15(23)8-12(3)13-6-5-7-14(9-13)17(18,19)20;/h5-7,9,11-12H,8,10,21H2,1-4H3,(H,22,23);1H. The summed E-state index contributed by atoms with van der Waals surface area (Å²) in [5.74, 6) is -0.372. The zero-order valence-electron chi connectivity index (χ0n) is 14.4. The Hall–Kier alpha value is -1.27. The largest absolute Gasteiger partial charge is 0.416 e. The smallest absolute Gasteiger partial charge is 0.349 e. The summed E-state index contributed by atoms with van der Waals surface area (Å²) in [6.45, 7) is 7.83. The highest BCUT2D eigenvalue weighted by Gasteiger charge is 2.31. The lowest BCUT2D eigenvalue weighted by Gasteiger charge is -2.34. The number of alkyl halides is 3. The van der Waals surface area contributed by atoms with Crippen LogP contribution in [0.25, 0.3) is 0 Å². The molecule has 0 aliphatic heterocycles. The number of rotatable bonds is 6. The Morgan fingerprint density at radius 1 is 1.25 bits per heavy atom. The normalized spacial score (nSPS) is 15.4. The summed E-state index contributed by atoms with van der Waals surface area (Å²) in [4.78, 5) is 12.2. The van der Waals surface area contributed by atoms with Gasteiger partial charge < -0.3 is 11.1 Å². The summed E-state index contributed by atoms with van der Waals surface area (Å²) in [5, 5.41) is 2.90. The van der Waals surface area contributed by atoms with Crippen LogP contribution >= 0.6 is 12.4 Å². The Morgan fingerprint density at radius 2 is 1.83 bits per heavy atom. The van der Waals surface area contributed by atoms with E-state index in [2.05, 4.69) is 5.32 Å². The molecule has 0 fully saturated rings. The number of amides is 1. The first kappa shape index (κ1) is 22.7. The summed E-state index contributed by atoms with van der Waals surface area (Å²) < 4.78 is 38.3. The highest BCUT2D eigenvalue weighted by molar-refractivity contribution is 5.85. The van der Waals surface area contributed by atoms with Crippen LogP contribution in [0.4, 0.5) is 13.2 Å². The van der Waals surface area contributed by atoms with Gasteiger partial charge in [0.2, 0.25) is 5.91 Å². The highest BCUT2D eigenvalue weighted by Crippen LogP contribution is 2.31. The molecular weight excluding hydrogens is 341 g/mol. The first-order valence-electron chi connectivity index (χ1n) is 7.68. The molecule has 1 amide bonds. The Morgan fingerprint density at radius 3 is 2.29 bits per heavy atom. The molecule has 138 valence electrons. The zero-order chi connectivity index (χ0) is 17.8. The number of halogens is 4. The van der Waals surface area contributed by atoms with E-state index in [1.54, 1.807) is 13.0 Å².